The lowest BCUT2D eigenvalue weighted by atomic mass is 10.2. The Balaban J connectivity index is 2.46. The molecule has 7 heteroatoms. The van der Waals surface area contributed by atoms with E-state index in [9.17, 15) is 9.50 Å². The lowest BCUT2D eigenvalue weighted by Gasteiger charge is -2.05. The van der Waals surface area contributed by atoms with Crippen LogP contribution in [0.1, 0.15) is 5.89 Å². The average Bonchev–Trinajstić information content (AvgIpc) is 2.77. The number of hydrogen-bond donors (Lipinski definition) is 2. The maximum absolute atomic E-state index is 13.5. The number of aromatic hydroxyl groups is 1. The minimum Gasteiger partial charge on any atom is -0.504 e. The van der Waals surface area contributed by atoms with Gasteiger partial charge in [0.15, 0.2) is 17.3 Å². The van der Waals surface area contributed by atoms with Crippen LogP contribution in [0.5, 0.6) is 11.5 Å². The number of phenols is 1. The summed E-state index contributed by atoms with van der Waals surface area (Å²) in [7, 11) is 1.26. The number of ether oxygens (including phenoxy) is 1. The molecule has 2 aromatic rings. The number of aromatic nitrogens is 2. The van der Waals surface area contributed by atoms with Crippen molar-refractivity contribution < 1.29 is 18.8 Å². The summed E-state index contributed by atoms with van der Waals surface area (Å²) < 4.78 is 23.0. The molecule has 2 rings (SSSR count). The molecule has 6 nitrogen and oxygen atoms in total. The van der Waals surface area contributed by atoms with Gasteiger partial charge < -0.3 is 20.1 Å². The van der Waals surface area contributed by atoms with Gasteiger partial charge >= 0.3 is 0 Å². The van der Waals surface area contributed by atoms with Gasteiger partial charge in [-0.15, -0.1) is 0 Å². The van der Waals surface area contributed by atoms with Crippen LogP contribution >= 0.6 is 0 Å². The van der Waals surface area contributed by atoms with Gasteiger partial charge in [0.05, 0.1) is 13.7 Å². The number of phenolic OH excluding ortho intramolecular Hbond substituents is 1. The monoisotopic (exact) mass is 239 g/mol. The van der Waals surface area contributed by atoms with E-state index in [2.05, 4.69) is 14.9 Å². The molecule has 0 aliphatic rings. The highest BCUT2D eigenvalue weighted by Crippen LogP contribution is 2.33. The van der Waals surface area contributed by atoms with Crippen molar-refractivity contribution in [2.45, 2.75) is 6.54 Å². The third-order valence-electron chi connectivity index (χ3n) is 2.13. The molecule has 17 heavy (non-hydrogen) atoms. The number of rotatable bonds is 3. The van der Waals surface area contributed by atoms with Gasteiger partial charge in [0.2, 0.25) is 11.7 Å². The van der Waals surface area contributed by atoms with Crippen molar-refractivity contribution in [1.82, 2.24) is 10.1 Å². The molecule has 0 aliphatic carbocycles. The van der Waals surface area contributed by atoms with Crippen molar-refractivity contribution in [3.8, 4) is 22.9 Å². The maximum Gasteiger partial charge on any atom is 0.240 e. The molecule has 0 bridgehead atoms. The summed E-state index contributed by atoms with van der Waals surface area (Å²) in [6.45, 7) is 0.0949. The zero-order valence-corrected chi connectivity index (χ0v) is 8.98. The van der Waals surface area contributed by atoms with Crippen LogP contribution in [0.2, 0.25) is 0 Å². The molecule has 0 atom stereocenters. The van der Waals surface area contributed by atoms with Gasteiger partial charge in [-0.05, 0) is 12.1 Å². The Morgan fingerprint density at radius 3 is 2.82 bits per heavy atom. The van der Waals surface area contributed by atoms with Gasteiger partial charge in [0.1, 0.15) is 0 Å². The first kappa shape index (κ1) is 11.3. The summed E-state index contributed by atoms with van der Waals surface area (Å²) in [4.78, 5) is 3.92. The van der Waals surface area contributed by atoms with Gasteiger partial charge in [0.25, 0.3) is 0 Å². The SMILES string of the molecule is COc1c(O)cc(-c2noc(CN)n2)cc1F. The van der Waals surface area contributed by atoms with E-state index in [4.69, 9.17) is 10.3 Å². The molecule has 0 aliphatic heterocycles. The van der Waals surface area contributed by atoms with Crippen LogP contribution in [0.3, 0.4) is 0 Å². The Morgan fingerprint density at radius 2 is 2.29 bits per heavy atom. The zero-order valence-electron chi connectivity index (χ0n) is 8.98. The number of hydrogen-bond acceptors (Lipinski definition) is 6. The normalized spacial score (nSPS) is 10.5. The smallest absolute Gasteiger partial charge is 0.240 e. The molecule has 1 aromatic heterocycles. The van der Waals surface area contributed by atoms with Crippen LogP contribution in [0.4, 0.5) is 4.39 Å². The first-order valence-electron chi connectivity index (χ1n) is 4.75. The Morgan fingerprint density at radius 1 is 1.53 bits per heavy atom. The van der Waals surface area contributed by atoms with E-state index in [1.54, 1.807) is 0 Å². The molecule has 0 radical (unpaired) electrons. The van der Waals surface area contributed by atoms with Crippen LogP contribution in [0, 0.1) is 5.82 Å². The number of nitrogens with two attached hydrogens (primary N) is 1. The molecule has 0 unspecified atom stereocenters. The quantitative estimate of drug-likeness (QED) is 0.831. The molecule has 90 valence electrons. The predicted octanol–water partition coefficient (Wildman–Crippen LogP) is 1.05. The molecular weight excluding hydrogens is 229 g/mol. The summed E-state index contributed by atoms with van der Waals surface area (Å²) >= 11 is 0. The first-order valence-corrected chi connectivity index (χ1v) is 4.75. The van der Waals surface area contributed by atoms with Crippen molar-refractivity contribution >= 4 is 0 Å². The standard InChI is InChI=1S/C10H10FN3O3/c1-16-9-6(11)2-5(3-7(9)15)10-13-8(4-12)17-14-10/h2-3,15H,4,12H2,1H3. The largest absolute Gasteiger partial charge is 0.504 e. The van der Waals surface area contributed by atoms with E-state index < -0.39 is 5.82 Å². The highest BCUT2D eigenvalue weighted by Gasteiger charge is 2.15. The molecular formula is C10H10FN3O3. The van der Waals surface area contributed by atoms with Crippen molar-refractivity contribution in [2.24, 2.45) is 5.73 Å². The number of methoxy groups -OCH3 is 1. The van der Waals surface area contributed by atoms with E-state index in [0.29, 0.717) is 0 Å². The Labute approximate surface area is 95.8 Å². The number of benzene rings is 1. The van der Waals surface area contributed by atoms with E-state index in [1.165, 1.54) is 13.2 Å². The molecule has 0 spiro atoms. The second-order valence-electron chi connectivity index (χ2n) is 3.23. The third kappa shape index (κ3) is 2.04. The van der Waals surface area contributed by atoms with E-state index in [0.717, 1.165) is 6.07 Å². The van der Waals surface area contributed by atoms with Gasteiger partial charge in [-0.25, -0.2) is 4.39 Å². The van der Waals surface area contributed by atoms with Crippen LogP contribution in [0.25, 0.3) is 11.4 Å². The van der Waals surface area contributed by atoms with E-state index in [-0.39, 0.29) is 35.3 Å². The van der Waals surface area contributed by atoms with Crippen molar-refractivity contribution in [3.63, 3.8) is 0 Å². The van der Waals surface area contributed by atoms with Gasteiger partial charge in [-0.3, -0.25) is 0 Å². The maximum atomic E-state index is 13.5. The lowest BCUT2D eigenvalue weighted by Crippen LogP contribution is -1.96. The minimum absolute atomic E-state index is 0.0949. The van der Waals surface area contributed by atoms with E-state index in [1.807, 2.05) is 0 Å². The molecule has 0 amide bonds. The van der Waals surface area contributed by atoms with Gasteiger partial charge in [-0.1, -0.05) is 5.16 Å². The van der Waals surface area contributed by atoms with E-state index >= 15 is 0 Å². The number of nitrogens with zero attached hydrogens (tertiary/aromatic N) is 2. The summed E-state index contributed by atoms with van der Waals surface area (Å²) in [5, 5.41) is 13.1. The van der Waals surface area contributed by atoms with Crippen molar-refractivity contribution in [3.05, 3.63) is 23.8 Å². The molecule has 1 aromatic carbocycles. The van der Waals surface area contributed by atoms with Crippen LogP contribution in [-0.4, -0.2) is 22.4 Å². The lowest BCUT2D eigenvalue weighted by molar-refractivity contribution is 0.351. The Hall–Kier alpha value is -2.15. The van der Waals surface area contributed by atoms with Gasteiger partial charge in [-0.2, -0.15) is 4.98 Å². The van der Waals surface area contributed by atoms with Gasteiger partial charge in [0, 0.05) is 5.56 Å². The van der Waals surface area contributed by atoms with Crippen LogP contribution < -0.4 is 10.5 Å². The molecule has 0 fully saturated rings. The second kappa shape index (κ2) is 4.38. The topological polar surface area (TPSA) is 94.4 Å². The van der Waals surface area contributed by atoms with Crippen molar-refractivity contribution in [2.75, 3.05) is 7.11 Å². The predicted molar refractivity (Wildman–Crippen MR) is 55.8 cm³/mol. The molecule has 0 saturated carbocycles. The summed E-state index contributed by atoms with van der Waals surface area (Å²) in [5.74, 6) is -0.877. The van der Waals surface area contributed by atoms with Crippen LogP contribution in [-0.2, 0) is 6.54 Å². The van der Waals surface area contributed by atoms with Crippen LogP contribution in [0.15, 0.2) is 16.7 Å². The fourth-order valence-corrected chi connectivity index (χ4v) is 1.37. The zero-order chi connectivity index (χ0) is 12.4. The second-order valence-corrected chi connectivity index (χ2v) is 3.23. The molecule has 3 N–H and O–H groups in total. The Kier molecular flexibility index (Phi) is 2.92. The number of halogens is 1. The fourth-order valence-electron chi connectivity index (χ4n) is 1.37. The van der Waals surface area contributed by atoms with Crippen molar-refractivity contribution in [1.29, 1.82) is 0 Å². The minimum atomic E-state index is -0.707. The Bertz CT molecular complexity index is 518. The highest BCUT2D eigenvalue weighted by atomic mass is 19.1. The first-order chi connectivity index (χ1) is 8.15. The summed E-state index contributed by atoms with van der Waals surface area (Å²) in [5.41, 5.74) is 5.59. The third-order valence-corrected chi connectivity index (χ3v) is 2.13. The molecule has 0 saturated heterocycles. The summed E-state index contributed by atoms with van der Waals surface area (Å²) in [6.07, 6.45) is 0. The molecule has 1 heterocycles. The average molecular weight is 239 g/mol. The fraction of sp³-hybridized carbons (Fsp3) is 0.200. The summed E-state index contributed by atoms with van der Waals surface area (Å²) in [6, 6.07) is 2.43. The highest BCUT2D eigenvalue weighted by molar-refractivity contribution is 5.60.